The van der Waals surface area contributed by atoms with Crippen LogP contribution in [0.1, 0.15) is 0 Å². The second-order valence-electron chi connectivity index (χ2n) is 14.9. The molecule has 0 aliphatic rings. The van der Waals surface area contributed by atoms with Gasteiger partial charge in [-0.1, -0.05) is 158 Å². The van der Waals surface area contributed by atoms with Crippen molar-refractivity contribution in [2.45, 2.75) is 0 Å². The monoisotopic (exact) mass is 768 g/mol. The standard InChI is InChI=1S/C55H36N4O/c1-4-15-40(16-5-1)53-56-54(41-17-6-2-7-18-41)58-55(57-53)49-35-44(36-51-52(49)48-22-12-13-23-50(48)60-51)39-28-32-47(33-29-39)59(45-20-8-3-9-21-45)46-30-26-38(27-31-46)43-25-24-37-14-10-11-19-42(37)34-43/h1-36H. The molecular formula is C55H36N4O. The van der Waals surface area contributed by atoms with Gasteiger partial charge in [-0.15, -0.1) is 0 Å². The lowest BCUT2D eigenvalue weighted by molar-refractivity contribution is 0.669. The highest BCUT2D eigenvalue weighted by atomic mass is 16.3. The zero-order valence-corrected chi connectivity index (χ0v) is 32.5. The van der Waals surface area contributed by atoms with Crippen molar-refractivity contribution < 1.29 is 4.42 Å². The van der Waals surface area contributed by atoms with Crippen LogP contribution in [0.4, 0.5) is 17.1 Å². The fourth-order valence-electron chi connectivity index (χ4n) is 8.13. The minimum atomic E-state index is 0.583. The summed E-state index contributed by atoms with van der Waals surface area (Å²) in [5.41, 5.74) is 11.9. The van der Waals surface area contributed by atoms with Crippen molar-refractivity contribution in [1.29, 1.82) is 0 Å². The highest BCUT2D eigenvalue weighted by Gasteiger charge is 2.20. The van der Waals surface area contributed by atoms with Crippen LogP contribution in [0.15, 0.2) is 223 Å². The fraction of sp³-hybridized carbons (Fsp3) is 0. The minimum Gasteiger partial charge on any atom is -0.456 e. The van der Waals surface area contributed by atoms with E-state index in [0.717, 1.165) is 66.8 Å². The number of fused-ring (bicyclic) bond motifs is 4. The SMILES string of the molecule is c1ccc(-c2nc(-c3ccccc3)nc(-c3cc(-c4ccc(N(c5ccccc5)c5ccc(-c6ccc7ccccc7c6)cc5)cc4)cc4oc5ccccc5c34)n2)cc1. The summed E-state index contributed by atoms with van der Waals surface area (Å²) in [6.45, 7) is 0. The summed E-state index contributed by atoms with van der Waals surface area (Å²) in [6, 6.07) is 75.9. The Morgan fingerprint density at radius 1 is 0.317 bits per heavy atom. The summed E-state index contributed by atoms with van der Waals surface area (Å²) in [5, 5.41) is 4.46. The van der Waals surface area contributed by atoms with Gasteiger partial charge < -0.3 is 9.32 Å². The minimum absolute atomic E-state index is 0.583. The number of furan rings is 1. The van der Waals surface area contributed by atoms with E-state index in [9.17, 15) is 0 Å². The molecule has 0 amide bonds. The number of hydrogen-bond acceptors (Lipinski definition) is 5. The van der Waals surface area contributed by atoms with E-state index in [1.165, 1.54) is 21.9 Å². The van der Waals surface area contributed by atoms with Crippen molar-refractivity contribution in [2.75, 3.05) is 4.90 Å². The van der Waals surface area contributed by atoms with Crippen LogP contribution in [-0.4, -0.2) is 15.0 Å². The van der Waals surface area contributed by atoms with Crippen LogP contribution in [0.5, 0.6) is 0 Å². The molecule has 0 radical (unpaired) electrons. The number of aromatic nitrogens is 3. The smallest absolute Gasteiger partial charge is 0.164 e. The predicted molar refractivity (Wildman–Crippen MR) is 246 cm³/mol. The first-order chi connectivity index (χ1) is 29.7. The Labute approximate surface area is 347 Å². The van der Waals surface area contributed by atoms with E-state index in [2.05, 4.69) is 144 Å². The second-order valence-corrected chi connectivity index (χ2v) is 14.9. The first kappa shape index (κ1) is 35.0. The molecule has 5 heteroatoms. The molecule has 60 heavy (non-hydrogen) atoms. The Morgan fingerprint density at radius 3 is 1.47 bits per heavy atom. The van der Waals surface area contributed by atoms with E-state index in [1.54, 1.807) is 0 Å². The van der Waals surface area contributed by atoms with Crippen molar-refractivity contribution in [3.05, 3.63) is 218 Å². The lowest BCUT2D eigenvalue weighted by atomic mass is 9.97. The number of hydrogen-bond donors (Lipinski definition) is 0. The Balaban J connectivity index is 1.02. The number of para-hydroxylation sites is 2. The lowest BCUT2D eigenvalue weighted by Crippen LogP contribution is -2.09. The molecule has 0 atom stereocenters. The Morgan fingerprint density at radius 2 is 0.817 bits per heavy atom. The molecule has 2 aromatic heterocycles. The van der Waals surface area contributed by atoms with Gasteiger partial charge in [0.1, 0.15) is 11.2 Å². The quantitative estimate of drug-likeness (QED) is 0.154. The molecule has 0 unspecified atom stereocenters. The zero-order chi connectivity index (χ0) is 39.8. The third-order valence-corrected chi connectivity index (χ3v) is 11.1. The van der Waals surface area contributed by atoms with E-state index in [0.29, 0.717) is 17.5 Å². The number of benzene rings is 9. The molecule has 0 spiro atoms. The van der Waals surface area contributed by atoms with Gasteiger partial charge in [0.25, 0.3) is 0 Å². The molecular weight excluding hydrogens is 733 g/mol. The summed E-state index contributed by atoms with van der Waals surface area (Å²) in [7, 11) is 0. The molecule has 282 valence electrons. The van der Waals surface area contributed by atoms with Gasteiger partial charge in [0.05, 0.1) is 0 Å². The summed E-state index contributed by atoms with van der Waals surface area (Å²) in [4.78, 5) is 17.5. The molecule has 0 aliphatic heterocycles. The first-order valence-corrected chi connectivity index (χ1v) is 20.1. The average Bonchev–Trinajstić information content (AvgIpc) is 3.71. The van der Waals surface area contributed by atoms with Crippen molar-refractivity contribution in [2.24, 2.45) is 0 Å². The maximum Gasteiger partial charge on any atom is 0.164 e. The first-order valence-electron chi connectivity index (χ1n) is 20.1. The molecule has 9 aromatic carbocycles. The van der Waals surface area contributed by atoms with Gasteiger partial charge in [-0.05, 0) is 93.7 Å². The molecule has 0 N–H and O–H groups in total. The van der Waals surface area contributed by atoms with Crippen LogP contribution < -0.4 is 4.90 Å². The van der Waals surface area contributed by atoms with Crippen LogP contribution in [0.2, 0.25) is 0 Å². The summed E-state index contributed by atoms with van der Waals surface area (Å²) in [5.74, 6) is 1.81. The molecule has 0 bridgehead atoms. The topological polar surface area (TPSA) is 55.1 Å². The van der Waals surface area contributed by atoms with E-state index in [1.807, 2.05) is 78.9 Å². The van der Waals surface area contributed by atoms with Crippen molar-refractivity contribution in [3.63, 3.8) is 0 Å². The van der Waals surface area contributed by atoms with Crippen LogP contribution in [0, 0.1) is 0 Å². The highest BCUT2D eigenvalue weighted by molar-refractivity contribution is 6.13. The van der Waals surface area contributed by atoms with Crippen molar-refractivity contribution in [1.82, 2.24) is 15.0 Å². The van der Waals surface area contributed by atoms with Gasteiger partial charge in [0.2, 0.25) is 0 Å². The average molecular weight is 769 g/mol. The molecule has 5 nitrogen and oxygen atoms in total. The van der Waals surface area contributed by atoms with Crippen LogP contribution in [0.3, 0.4) is 0 Å². The third-order valence-electron chi connectivity index (χ3n) is 11.1. The largest absolute Gasteiger partial charge is 0.456 e. The maximum absolute atomic E-state index is 6.57. The van der Waals surface area contributed by atoms with E-state index in [4.69, 9.17) is 19.4 Å². The molecule has 0 saturated heterocycles. The van der Waals surface area contributed by atoms with Gasteiger partial charge >= 0.3 is 0 Å². The van der Waals surface area contributed by atoms with E-state index in [-0.39, 0.29) is 0 Å². The van der Waals surface area contributed by atoms with Crippen LogP contribution in [0.25, 0.3) is 89.1 Å². The predicted octanol–water partition coefficient (Wildman–Crippen LogP) is 14.7. The zero-order valence-electron chi connectivity index (χ0n) is 32.5. The molecule has 11 aromatic rings. The summed E-state index contributed by atoms with van der Waals surface area (Å²) < 4.78 is 6.57. The van der Waals surface area contributed by atoms with Gasteiger partial charge in [0.15, 0.2) is 17.5 Å². The fourth-order valence-corrected chi connectivity index (χ4v) is 8.13. The number of nitrogens with zero attached hydrogens (tertiary/aromatic N) is 4. The van der Waals surface area contributed by atoms with Gasteiger partial charge in [-0.3, -0.25) is 0 Å². The van der Waals surface area contributed by atoms with Gasteiger partial charge in [-0.2, -0.15) is 0 Å². The summed E-state index contributed by atoms with van der Waals surface area (Å²) in [6.07, 6.45) is 0. The third kappa shape index (κ3) is 6.54. The van der Waals surface area contributed by atoms with Crippen molar-refractivity contribution >= 4 is 49.8 Å². The highest BCUT2D eigenvalue weighted by Crippen LogP contribution is 2.41. The van der Waals surface area contributed by atoms with E-state index >= 15 is 0 Å². The van der Waals surface area contributed by atoms with Gasteiger partial charge in [0, 0.05) is 44.5 Å². The number of anilines is 3. The lowest BCUT2D eigenvalue weighted by Gasteiger charge is -2.26. The van der Waals surface area contributed by atoms with Crippen molar-refractivity contribution in [3.8, 4) is 56.4 Å². The van der Waals surface area contributed by atoms with Gasteiger partial charge in [-0.25, -0.2) is 15.0 Å². The Kier molecular flexibility index (Phi) is 8.75. The Bertz CT molecular complexity index is 3230. The molecule has 2 heterocycles. The molecule has 0 aliphatic carbocycles. The number of rotatable bonds is 8. The molecule has 0 saturated carbocycles. The Hall–Kier alpha value is -8.15. The van der Waals surface area contributed by atoms with Crippen LogP contribution >= 0.6 is 0 Å². The summed E-state index contributed by atoms with van der Waals surface area (Å²) >= 11 is 0. The molecule has 11 rings (SSSR count). The van der Waals surface area contributed by atoms with Crippen LogP contribution in [-0.2, 0) is 0 Å². The molecule has 0 fully saturated rings. The van der Waals surface area contributed by atoms with E-state index < -0.39 is 0 Å². The maximum atomic E-state index is 6.57. The second kappa shape index (κ2) is 15.0. The normalized spacial score (nSPS) is 11.3.